The molecule has 3 rings (SSSR count). The summed E-state index contributed by atoms with van der Waals surface area (Å²) in [5.74, 6) is -2.37. The number of amides is 2. The number of β-lactam (4-membered cyclic amide) rings is 1. The Kier molecular flexibility index (Phi) is 5.17. The highest BCUT2D eigenvalue weighted by Gasteiger charge is 2.57. The molecule has 2 aliphatic heterocycles. The maximum Gasteiger partial charge on any atom is 0.313 e. The molecule has 0 aliphatic carbocycles. The van der Waals surface area contributed by atoms with Crippen LogP contribution in [-0.4, -0.2) is 74.3 Å². The molecule has 12 heteroatoms. The number of thioether (sulfide) groups is 2. The monoisotopic (exact) mass is 416 g/mol. The smallest absolute Gasteiger partial charge is 0.313 e. The zero-order valence-corrected chi connectivity index (χ0v) is 16.1. The number of nitrogens with one attached hydrogen (secondary N) is 1. The van der Waals surface area contributed by atoms with Crippen molar-refractivity contribution in [2.24, 2.45) is 5.41 Å². The van der Waals surface area contributed by atoms with Crippen LogP contribution in [0.5, 0.6) is 0 Å². The second kappa shape index (κ2) is 7.08. The molecule has 0 radical (unpaired) electrons. The van der Waals surface area contributed by atoms with Crippen molar-refractivity contribution < 1.29 is 24.3 Å². The molecule has 2 fully saturated rings. The molecular weight excluding hydrogens is 400 g/mol. The molecule has 1 aromatic rings. The summed E-state index contributed by atoms with van der Waals surface area (Å²) in [7, 11) is 0. The minimum Gasteiger partial charge on any atom is -0.481 e. The summed E-state index contributed by atoms with van der Waals surface area (Å²) in [6.45, 7) is 0.0998. The number of carboxylic acid groups (broad SMARTS) is 1. The lowest BCUT2D eigenvalue weighted by atomic mass is 9.89. The number of anilines is 1. The SMILES string of the molecule is CSCC1(C(=O)O)CS[C@@H]2C(NC(=O)C(=O)c3csc(N)n3)C(=O)N2C1. The van der Waals surface area contributed by atoms with E-state index in [4.69, 9.17) is 5.73 Å². The number of aromatic nitrogens is 1. The van der Waals surface area contributed by atoms with Gasteiger partial charge in [-0.3, -0.25) is 19.2 Å². The Bertz CT molecular complexity index is 784. The molecule has 0 bridgehead atoms. The van der Waals surface area contributed by atoms with Gasteiger partial charge in [-0.25, -0.2) is 4.98 Å². The number of thiazole rings is 1. The van der Waals surface area contributed by atoms with Crippen molar-refractivity contribution in [1.82, 2.24) is 15.2 Å². The fraction of sp³-hybridized carbons (Fsp3) is 0.500. The molecular formula is C14H16N4O5S3. The number of ketones is 1. The average molecular weight is 417 g/mol. The standard InChI is InChI=1S/C14H16N4O5S3/c1-24-4-14(12(22)23)3-18-10(21)7(11(18)26-5-14)17-9(20)8(19)6-2-25-13(15)16-6/h2,7,11H,3-5H2,1H3,(H2,15,16)(H,17,20)(H,22,23)/t7?,11-,14?/m1/s1. The van der Waals surface area contributed by atoms with Gasteiger partial charge in [0.05, 0.1) is 0 Å². The van der Waals surface area contributed by atoms with Gasteiger partial charge in [0.1, 0.15) is 22.5 Å². The van der Waals surface area contributed by atoms with Gasteiger partial charge < -0.3 is 21.1 Å². The molecule has 2 unspecified atom stereocenters. The Labute approximate surface area is 161 Å². The first kappa shape index (κ1) is 19.0. The lowest BCUT2D eigenvalue weighted by Gasteiger charge is -2.53. The zero-order valence-electron chi connectivity index (χ0n) is 13.6. The van der Waals surface area contributed by atoms with Crippen molar-refractivity contribution >= 4 is 63.6 Å². The van der Waals surface area contributed by atoms with Crippen LogP contribution in [0.1, 0.15) is 10.5 Å². The number of nitrogens with two attached hydrogens (primary N) is 1. The van der Waals surface area contributed by atoms with Gasteiger partial charge in [-0.05, 0) is 6.26 Å². The summed E-state index contributed by atoms with van der Waals surface area (Å²) in [5.41, 5.74) is 4.39. The minimum absolute atomic E-state index is 0.0604. The summed E-state index contributed by atoms with van der Waals surface area (Å²) in [6.07, 6.45) is 1.82. The Hall–Kier alpha value is -1.79. The zero-order chi connectivity index (χ0) is 19.1. The Morgan fingerprint density at radius 2 is 2.27 bits per heavy atom. The largest absolute Gasteiger partial charge is 0.481 e. The van der Waals surface area contributed by atoms with E-state index in [0.29, 0.717) is 11.5 Å². The normalized spacial score (nSPS) is 27.4. The first-order chi connectivity index (χ1) is 12.3. The number of rotatable bonds is 6. The van der Waals surface area contributed by atoms with Crippen LogP contribution >= 0.6 is 34.9 Å². The summed E-state index contributed by atoms with van der Waals surface area (Å²) < 4.78 is 0. The van der Waals surface area contributed by atoms with Crippen molar-refractivity contribution in [3.05, 3.63) is 11.1 Å². The fourth-order valence-corrected chi connectivity index (χ4v) is 5.98. The second-order valence-electron chi connectivity index (χ2n) is 6.04. The van der Waals surface area contributed by atoms with Crippen molar-refractivity contribution in [3.8, 4) is 0 Å². The summed E-state index contributed by atoms with van der Waals surface area (Å²) in [4.78, 5) is 53.4. The maximum absolute atomic E-state index is 12.4. The van der Waals surface area contributed by atoms with Crippen molar-refractivity contribution in [2.45, 2.75) is 11.4 Å². The van der Waals surface area contributed by atoms with Gasteiger partial charge in [-0.1, -0.05) is 0 Å². The van der Waals surface area contributed by atoms with Crippen LogP contribution in [0.15, 0.2) is 5.38 Å². The number of Topliss-reactive ketones (excluding diaryl/α,β-unsaturated/α-hetero) is 1. The predicted octanol–water partition coefficient (Wildman–Crippen LogP) is -0.258. The lowest BCUT2D eigenvalue weighted by Crippen LogP contribution is -2.74. The van der Waals surface area contributed by atoms with Gasteiger partial charge >= 0.3 is 5.97 Å². The van der Waals surface area contributed by atoms with Crippen LogP contribution in [0, 0.1) is 5.41 Å². The number of aliphatic carboxylic acids is 1. The van der Waals surface area contributed by atoms with Gasteiger partial charge in [0.2, 0.25) is 5.91 Å². The van der Waals surface area contributed by atoms with E-state index < -0.39 is 29.1 Å². The average Bonchev–Trinajstić information content (AvgIpc) is 3.05. The number of carbonyl (C=O) groups is 4. The van der Waals surface area contributed by atoms with E-state index in [1.165, 1.54) is 33.8 Å². The number of fused-ring (bicyclic) bond motifs is 1. The molecule has 9 nitrogen and oxygen atoms in total. The minimum atomic E-state index is -1.00. The number of nitrogen functional groups attached to an aromatic ring is 1. The van der Waals surface area contributed by atoms with Crippen LogP contribution in [-0.2, 0) is 14.4 Å². The highest BCUT2D eigenvalue weighted by atomic mass is 32.2. The molecule has 2 amide bonds. The number of nitrogens with zero attached hydrogens (tertiary/aromatic N) is 2. The van der Waals surface area contributed by atoms with Gasteiger partial charge in [0, 0.05) is 23.4 Å². The Balaban J connectivity index is 1.65. The Morgan fingerprint density at radius 1 is 1.54 bits per heavy atom. The van der Waals surface area contributed by atoms with Crippen LogP contribution in [0.3, 0.4) is 0 Å². The van der Waals surface area contributed by atoms with E-state index in [-0.39, 0.29) is 28.7 Å². The van der Waals surface area contributed by atoms with Gasteiger partial charge in [0.15, 0.2) is 5.13 Å². The predicted molar refractivity (Wildman–Crippen MR) is 99.2 cm³/mol. The first-order valence-corrected chi connectivity index (χ1v) is 10.8. The van der Waals surface area contributed by atoms with Gasteiger partial charge in [0.25, 0.3) is 11.7 Å². The molecule has 4 N–H and O–H groups in total. The summed E-state index contributed by atoms with van der Waals surface area (Å²) in [5, 5.41) is 13.2. The maximum atomic E-state index is 12.4. The number of carbonyl (C=O) groups excluding carboxylic acids is 3. The van der Waals surface area contributed by atoms with Crippen LogP contribution < -0.4 is 11.1 Å². The highest BCUT2D eigenvalue weighted by molar-refractivity contribution is 8.00. The fourth-order valence-electron chi connectivity index (χ4n) is 2.90. The van der Waals surface area contributed by atoms with Crippen LogP contribution in [0.25, 0.3) is 0 Å². The van der Waals surface area contributed by atoms with E-state index in [1.54, 1.807) is 0 Å². The van der Waals surface area contributed by atoms with Crippen molar-refractivity contribution in [3.63, 3.8) is 0 Å². The number of hydrogen-bond acceptors (Lipinski definition) is 9. The topological polar surface area (TPSA) is 143 Å². The van der Waals surface area contributed by atoms with E-state index >= 15 is 0 Å². The van der Waals surface area contributed by atoms with E-state index in [1.807, 2.05) is 6.26 Å². The molecule has 0 spiro atoms. The highest BCUT2D eigenvalue weighted by Crippen LogP contribution is 2.43. The number of carboxylic acids is 1. The molecule has 3 heterocycles. The third-order valence-corrected chi connectivity index (χ3v) is 7.37. The number of hydrogen-bond donors (Lipinski definition) is 3. The first-order valence-electron chi connectivity index (χ1n) is 7.50. The Morgan fingerprint density at radius 3 is 2.85 bits per heavy atom. The molecule has 3 atom stereocenters. The quantitative estimate of drug-likeness (QED) is 0.325. The molecule has 0 aromatic carbocycles. The molecule has 0 saturated carbocycles. The second-order valence-corrected chi connectivity index (χ2v) is 8.90. The molecule has 2 aliphatic rings. The van der Waals surface area contributed by atoms with E-state index in [9.17, 15) is 24.3 Å². The molecule has 1 aromatic heterocycles. The van der Waals surface area contributed by atoms with E-state index in [0.717, 1.165) is 11.3 Å². The molecule has 140 valence electrons. The van der Waals surface area contributed by atoms with Gasteiger partial charge in [-0.2, -0.15) is 11.8 Å². The van der Waals surface area contributed by atoms with Gasteiger partial charge in [-0.15, -0.1) is 23.1 Å². The molecule has 2 saturated heterocycles. The molecule has 26 heavy (non-hydrogen) atoms. The lowest BCUT2D eigenvalue weighted by molar-refractivity contribution is -0.157. The van der Waals surface area contributed by atoms with Crippen LogP contribution in [0.2, 0.25) is 0 Å². The van der Waals surface area contributed by atoms with Crippen LogP contribution in [0.4, 0.5) is 5.13 Å². The van der Waals surface area contributed by atoms with E-state index in [2.05, 4.69) is 10.3 Å². The third kappa shape index (κ3) is 3.16. The summed E-state index contributed by atoms with van der Waals surface area (Å²) in [6, 6.07) is -0.839. The third-order valence-electron chi connectivity index (χ3n) is 4.27. The van der Waals surface area contributed by atoms with Crippen molar-refractivity contribution in [1.29, 1.82) is 0 Å². The summed E-state index contributed by atoms with van der Waals surface area (Å²) >= 11 is 3.76. The van der Waals surface area contributed by atoms with Crippen molar-refractivity contribution in [2.75, 3.05) is 30.0 Å².